The Morgan fingerprint density at radius 1 is 1.32 bits per heavy atom. The van der Waals surface area contributed by atoms with Crippen molar-refractivity contribution in [3.63, 3.8) is 0 Å². The molecule has 0 aliphatic heterocycles. The Labute approximate surface area is 115 Å². The van der Waals surface area contributed by atoms with E-state index in [0.29, 0.717) is 0 Å². The van der Waals surface area contributed by atoms with Crippen LogP contribution in [0.5, 0.6) is 0 Å². The maximum atomic E-state index is 14.0. The molecule has 3 N–H and O–H groups in total. The number of rotatable bonds is 2. The highest BCUT2D eigenvalue weighted by molar-refractivity contribution is 9.09. The Morgan fingerprint density at radius 3 is 2.37 bits per heavy atom. The molecule has 2 nitrogen and oxygen atoms in total. The topological polar surface area (TPSA) is 46.2 Å². The predicted molar refractivity (Wildman–Crippen MR) is 65.6 cm³/mol. The molecule has 106 valence electrons. The molecule has 0 saturated heterocycles. The van der Waals surface area contributed by atoms with Crippen LogP contribution in [-0.4, -0.2) is 23.7 Å². The van der Waals surface area contributed by atoms with Crippen molar-refractivity contribution in [2.24, 2.45) is 5.73 Å². The first kappa shape index (κ1) is 14.7. The third kappa shape index (κ3) is 1.98. The Kier molecular flexibility index (Phi) is 3.43. The number of aliphatic hydroxyl groups is 1. The van der Waals surface area contributed by atoms with Crippen molar-refractivity contribution in [1.82, 2.24) is 0 Å². The standard InChI is InChI=1S/C12H12BrF4NO/c13-12(11(16,17)6-19)8-4-2-1-3-7(8)10(14,15)5-9(12)18/h1-4,9,19H,5-6,18H2/t9?,12-/m1/s1. The van der Waals surface area contributed by atoms with Crippen LogP contribution in [0.4, 0.5) is 17.6 Å². The fourth-order valence-electron chi connectivity index (χ4n) is 2.43. The zero-order valence-corrected chi connectivity index (χ0v) is 11.3. The van der Waals surface area contributed by atoms with Gasteiger partial charge in [0.1, 0.15) is 10.9 Å². The molecule has 1 aliphatic rings. The summed E-state index contributed by atoms with van der Waals surface area (Å²) in [5.74, 6) is -6.92. The summed E-state index contributed by atoms with van der Waals surface area (Å²) in [5, 5.41) is 8.86. The van der Waals surface area contributed by atoms with Crippen LogP contribution in [0.3, 0.4) is 0 Å². The summed E-state index contributed by atoms with van der Waals surface area (Å²) in [4.78, 5) is 0. The van der Waals surface area contributed by atoms with Gasteiger partial charge in [0.05, 0.1) is 0 Å². The smallest absolute Gasteiger partial charge is 0.291 e. The van der Waals surface area contributed by atoms with Gasteiger partial charge < -0.3 is 10.8 Å². The van der Waals surface area contributed by atoms with E-state index in [1.165, 1.54) is 18.2 Å². The van der Waals surface area contributed by atoms with Crippen LogP contribution in [0.25, 0.3) is 0 Å². The summed E-state index contributed by atoms with van der Waals surface area (Å²) in [5.41, 5.74) is 4.78. The second kappa shape index (κ2) is 4.43. The minimum atomic E-state index is -3.65. The van der Waals surface area contributed by atoms with E-state index < -0.39 is 40.8 Å². The fraction of sp³-hybridized carbons (Fsp3) is 0.500. The van der Waals surface area contributed by atoms with Gasteiger partial charge in [0, 0.05) is 18.0 Å². The number of fused-ring (bicyclic) bond motifs is 1. The maximum absolute atomic E-state index is 14.0. The van der Waals surface area contributed by atoms with E-state index in [2.05, 4.69) is 15.9 Å². The van der Waals surface area contributed by atoms with E-state index in [1.807, 2.05) is 0 Å². The predicted octanol–water partition coefficient (Wildman–Crippen LogP) is 2.73. The molecule has 0 aromatic heterocycles. The van der Waals surface area contributed by atoms with E-state index in [-0.39, 0.29) is 5.56 Å². The minimum Gasteiger partial charge on any atom is -0.390 e. The van der Waals surface area contributed by atoms with Gasteiger partial charge in [0.15, 0.2) is 0 Å². The molecule has 0 saturated carbocycles. The number of hydrogen-bond donors (Lipinski definition) is 2. The molecule has 1 aromatic rings. The molecule has 0 amide bonds. The van der Waals surface area contributed by atoms with Crippen LogP contribution in [0.15, 0.2) is 24.3 Å². The van der Waals surface area contributed by atoms with E-state index in [4.69, 9.17) is 10.8 Å². The molecule has 2 rings (SSSR count). The summed E-state index contributed by atoms with van der Waals surface area (Å²) in [6.07, 6.45) is -0.912. The lowest BCUT2D eigenvalue weighted by atomic mass is 9.74. The Morgan fingerprint density at radius 2 is 1.84 bits per heavy atom. The van der Waals surface area contributed by atoms with Crippen LogP contribution >= 0.6 is 15.9 Å². The Hall–Kier alpha value is -0.660. The van der Waals surface area contributed by atoms with Crippen molar-refractivity contribution >= 4 is 15.9 Å². The first-order valence-electron chi connectivity index (χ1n) is 5.58. The van der Waals surface area contributed by atoms with Crippen molar-refractivity contribution in [2.45, 2.75) is 28.6 Å². The first-order chi connectivity index (χ1) is 8.67. The molecule has 1 unspecified atom stereocenters. The average Bonchev–Trinajstić information content (AvgIpc) is 2.35. The SMILES string of the molecule is NC1CC(F)(F)c2ccccc2[C@]1(Br)C(F)(F)CO. The molecule has 19 heavy (non-hydrogen) atoms. The molecule has 2 atom stereocenters. The van der Waals surface area contributed by atoms with E-state index in [9.17, 15) is 17.6 Å². The lowest BCUT2D eigenvalue weighted by molar-refractivity contribution is -0.111. The summed E-state index contributed by atoms with van der Waals surface area (Å²) in [7, 11) is 0. The second-order valence-electron chi connectivity index (χ2n) is 4.63. The van der Waals surface area contributed by atoms with Gasteiger partial charge in [0.2, 0.25) is 0 Å². The molecular formula is C12H12BrF4NO. The Balaban J connectivity index is 2.70. The number of hydrogen-bond acceptors (Lipinski definition) is 2. The van der Waals surface area contributed by atoms with Crippen LogP contribution in [0, 0.1) is 0 Å². The van der Waals surface area contributed by atoms with Gasteiger partial charge in [-0.25, -0.2) is 17.6 Å². The molecule has 1 aliphatic carbocycles. The maximum Gasteiger partial charge on any atom is 0.291 e. The van der Waals surface area contributed by atoms with Gasteiger partial charge >= 0.3 is 0 Å². The van der Waals surface area contributed by atoms with Crippen molar-refractivity contribution in [1.29, 1.82) is 0 Å². The first-order valence-corrected chi connectivity index (χ1v) is 6.37. The average molecular weight is 342 g/mol. The zero-order chi connectivity index (χ0) is 14.5. The molecule has 7 heteroatoms. The lowest BCUT2D eigenvalue weighted by Gasteiger charge is -2.45. The molecule has 0 fully saturated rings. The third-order valence-electron chi connectivity index (χ3n) is 3.43. The van der Waals surface area contributed by atoms with Crippen molar-refractivity contribution in [3.8, 4) is 0 Å². The van der Waals surface area contributed by atoms with Gasteiger partial charge in [-0.2, -0.15) is 0 Å². The third-order valence-corrected chi connectivity index (χ3v) is 5.03. The molecule has 0 heterocycles. The summed E-state index contributed by atoms with van der Waals surface area (Å²) < 4.78 is 53.5. The number of nitrogens with two attached hydrogens (primary N) is 1. The largest absolute Gasteiger partial charge is 0.390 e. The van der Waals surface area contributed by atoms with E-state index in [0.717, 1.165) is 6.07 Å². The highest BCUT2D eigenvalue weighted by Crippen LogP contribution is 2.56. The van der Waals surface area contributed by atoms with Crippen LogP contribution in [0.2, 0.25) is 0 Å². The van der Waals surface area contributed by atoms with Crippen LogP contribution < -0.4 is 5.73 Å². The fourth-order valence-corrected chi connectivity index (χ4v) is 3.06. The molecule has 1 aromatic carbocycles. The second-order valence-corrected chi connectivity index (χ2v) is 5.89. The van der Waals surface area contributed by atoms with Gasteiger partial charge in [-0.3, -0.25) is 0 Å². The van der Waals surface area contributed by atoms with Crippen molar-refractivity contribution < 1.29 is 22.7 Å². The Bertz CT molecular complexity index is 496. The highest BCUT2D eigenvalue weighted by atomic mass is 79.9. The van der Waals surface area contributed by atoms with Gasteiger partial charge in [-0.15, -0.1) is 0 Å². The van der Waals surface area contributed by atoms with Crippen molar-refractivity contribution in [2.75, 3.05) is 6.61 Å². The van der Waals surface area contributed by atoms with Gasteiger partial charge in [0.25, 0.3) is 11.8 Å². The van der Waals surface area contributed by atoms with Gasteiger partial charge in [-0.05, 0) is 5.56 Å². The van der Waals surface area contributed by atoms with Crippen molar-refractivity contribution in [3.05, 3.63) is 35.4 Å². The quantitative estimate of drug-likeness (QED) is 0.641. The van der Waals surface area contributed by atoms with Crippen LogP contribution in [-0.2, 0) is 10.2 Å². The zero-order valence-electron chi connectivity index (χ0n) is 9.72. The van der Waals surface area contributed by atoms with E-state index in [1.54, 1.807) is 0 Å². The monoisotopic (exact) mass is 341 g/mol. The lowest BCUT2D eigenvalue weighted by Crippen LogP contribution is -2.59. The molecular weight excluding hydrogens is 330 g/mol. The van der Waals surface area contributed by atoms with Gasteiger partial charge in [-0.1, -0.05) is 40.2 Å². The molecule has 0 radical (unpaired) electrons. The number of halogens is 5. The number of alkyl halides is 5. The molecule has 0 spiro atoms. The summed E-state index contributed by atoms with van der Waals surface area (Å²) in [6, 6.07) is 3.50. The minimum absolute atomic E-state index is 0.280. The highest BCUT2D eigenvalue weighted by Gasteiger charge is 2.63. The number of aliphatic hydroxyl groups excluding tert-OH is 1. The molecule has 0 bridgehead atoms. The normalized spacial score (nSPS) is 29.9. The number of benzene rings is 1. The summed E-state index contributed by atoms with van der Waals surface area (Å²) >= 11 is 2.83. The van der Waals surface area contributed by atoms with Crippen LogP contribution in [0.1, 0.15) is 17.5 Å². The summed E-state index contributed by atoms with van der Waals surface area (Å²) in [6.45, 7) is -1.48. The van der Waals surface area contributed by atoms with E-state index >= 15 is 0 Å².